The molecular formula is C25H27N5O6. The number of benzene rings is 2. The van der Waals surface area contributed by atoms with Gasteiger partial charge in [0.05, 0.1) is 42.1 Å². The number of carbonyl (C=O) groups excluding carboxylic acids is 1. The molecule has 2 N–H and O–H groups in total. The van der Waals surface area contributed by atoms with Crippen LogP contribution in [-0.4, -0.2) is 70.0 Å². The summed E-state index contributed by atoms with van der Waals surface area (Å²) >= 11 is 0. The zero-order valence-electron chi connectivity index (χ0n) is 19.9. The summed E-state index contributed by atoms with van der Waals surface area (Å²) in [4.78, 5) is 35.7. The largest absolute Gasteiger partial charge is 0.506 e. The van der Waals surface area contributed by atoms with Gasteiger partial charge in [-0.15, -0.1) is 0 Å². The van der Waals surface area contributed by atoms with Crippen LogP contribution in [0, 0.1) is 0 Å². The molecule has 188 valence electrons. The van der Waals surface area contributed by atoms with E-state index < -0.39 is 11.7 Å². The number of esters is 1. The molecule has 1 aliphatic heterocycles. The first-order chi connectivity index (χ1) is 17.5. The highest BCUT2D eigenvalue weighted by molar-refractivity contribution is 5.99. The molecule has 2 aromatic heterocycles. The van der Waals surface area contributed by atoms with E-state index in [4.69, 9.17) is 13.9 Å². The number of anilines is 2. The van der Waals surface area contributed by atoms with E-state index in [1.807, 2.05) is 0 Å². The highest BCUT2D eigenvalue weighted by Crippen LogP contribution is 2.31. The Morgan fingerprint density at radius 2 is 2.00 bits per heavy atom. The molecule has 0 atom stereocenters. The van der Waals surface area contributed by atoms with Gasteiger partial charge in [0, 0.05) is 37.6 Å². The number of hydrogen-bond donors (Lipinski definition) is 2. The number of morpholine rings is 1. The van der Waals surface area contributed by atoms with Crippen LogP contribution in [0.1, 0.15) is 23.7 Å². The van der Waals surface area contributed by atoms with Gasteiger partial charge < -0.3 is 24.3 Å². The second-order valence-electron chi connectivity index (χ2n) is 8.46. The fourth-order valence-electron chi connectivity index (χ4n) is 4.31. The Morgan fingerprint density at radius 1 is 1.17 bits per heavy atom. The maximum atomic E-state index is 12.6. The number of oxazole rings is 1. The van der Waals surface area contributed by atoms with Crippen molar-refractivity contribution in [2.24, 2.45) is 0 Å². The lowest BCUT2D eigenvalue weighted by Crippen LogP contribution is -2.37. The summed E-state index contributed by atoms with van der Waals surface area (Å²) in [7, 11) is 0. The molecule has 1 saturated heterocycles. The van der Waals surface area contributed by atoms with E-state index >= 15 is 0 Å². The summed E-state index contributed by atoms with van der Waals surface area (Å²) in [5.41, 5.74) is 2.22. The number of phenols is 1. The number of carbonyl (C=O) groups is 1. The van der Waals surface area contributed by atoms with Crippen LogP contribution in [0.3, 0.4) is 0 Å². The van der Waals surface area contributed by atoms with Crippen molar-refractivity contribution in [3.8, 4) is 5.75 Å². The third-order valence-electron chi connectivity index (χ3n) is 6.15. The highest BCUT2D eigenvalue weighted by atomic mass is 16.5. The van der Waals surface area contributed by atoms with Crippen LogP contribution in [0.25, 0.3) is 22.0 Å². The predicted octanol–water partition coefficient (Wildman–Crippen LogP) is 2.89. The fourth-order valence-corrected chi connectivity index (χ4v) is 4.31. The standard InChI is InChI=1S/C25H27N5O6/c1-2-35-24(32)16-4-5-21(31)19(12-16)28-23-17-13-20-22(14-18(17)26-15-27-23)36-25(33)30(20)7-3-6-29-8-10-34-11-9-29/h4-5,12-15,31H,2-3,6-11H2,1H3,(H,26,27,28). The molecule has 11 nitrogen and oxygen atoms in total. The molecule has 0 bridgehead atoms. The molecule has 0 unspecified atom stereocenters. The fraction of sp³-hybridized carbons (Fsp3) is 0.360. The maximum Gasteiger partial charge on any atom is 0.419 e. The van der Waals surface area contributed by atoms with E-state index in [0.29, 0.717) is 39.9 Å². The summed E-state index contributed by atoms with van der Waals surface area (Å²) in [6.07, 6.45) is 2.16. The van der Waals surface area contributed by atoms with E-state index in [2.05, 4.69) is 20.2 Å². The molecule has 11 heteroatoms. The summed E-state index contributed by atoms with van der Waals surface area (Å²) in [5.74, 6) is -0.565. The van der Waals surface area contributed by atoms with Crippen LogP contribution in [0.15, 0.2) is 45.9 Å². The van der Waals surface area contributed by atoms with Gasteiger partial charge in [0.1, 0.15) is 17.9 Å². The molecule has 2 aromatic carbocycles. The topological polar surface area (TPSA) is 132 Å². The number of ether oxygens (including phenoxy) is 2. The lowest BCUT2D eigenvalue weighted by atomic mass is 10.1. The van der Waals surface area contributed by atoms with Crippen molar-refractivity contribution in [1.82, 2.24) is 19.4 Å². The quantitative estimate of drug-likeness (QED) is 0.279. The molecule has 0 saturated carbocycles. The van der Waals surface area contributed by atoms with E-state index in [9.17, 15) is 14.7 Å². The Morgan fingerprint density at radius 3 is 2.81 bits per heavy atom. The minimum atomic E-state index is -0.491. The maximum absolute atomic E-state index is 12.6. The summed E-state index contributed by atoms with van der Waals surface area (Å²) in [6.45, 7) is 6.58. The van der Waals surface area contributed by atoms with Gasteiger partial charge in [0.2, 0.25) is 0 Å². The third-order valence-corrected chi connectivity index (χ3v) is 6.15. The van der Waals surface area contributed by atoms with Gasteiger partial charge in [-0.05, 0) is 37.6 Å². The first kappa shape index (κ1) is 23.8. The van der Waals surface area contributed by atoms with Crippen molar-refractivity contribution in [1.29, 1.82) is 0 Å². The molecule has 1 aliphatic rings. The lowest BCUT2D eigenvalue weighted by molar-refractivity contribution is 0.0369. The van der Waals surface area contributed by atoms with Crippen molar-refractivity contribution in [3.63, 3.8) is 0 Å². The van der Waals surface area contributed by atoms with Gasteiger partial charge in [-0.1, -0.05) is 0 Å². The smallest absolute Gasteiger partial charge is 0.419 e. The first-order valence-electron chi connectivity index (χ1n) is 11.9. The average Bonchev–Trinajstić information content (AvgIpc) is 3.19. The Hall–Kier alpha value is -3.96. The zero-order chi connectivity index (χ0) is 25.1. The summed E-state index contributed by atoms with van der Waals surface area (Å²) in [5, 5.41) is 14.1. The molecule has 0 aliphatic carbocycles. The molecule has 36 heavy (non-hydrogen) atoms. The minimum absolute atomic E-state index is 0.0563. The van der Waals surface area contributed by atoms with Gasteiger partial charge in [0.15, 0.2) is 5.58 Å². The number of aromatic hydroxyl groups is 1. The Kier molecular flexibility index (Phi) is 6.83. The average molecular weight is 494 g/mol. The van der Waals surface area contributed by atoms with Gasteiger partial charge in [-0.3, -0.25) is 9.47 Å². The van der Waals surface area contributed by atoms with Crippen LogP contribution in [0.4, 0.5) is 11.5 Å². The van der Waals surface area contributed by atoms with E-state index in [0.717, 1.165) is 39.3 Å². The number of nitrogens with one attached hydrogen (secondary N) is 1. The monoisotopic (exact) mass is 493 g/mol. The van der Waals surface area contributed by atoms with Gasteiger partial charge >= 0.3 is 11.7 Å². The van der Waals surface area contributed by atoms with E-state index in [1.165, 1.54) is 24.5 Å². The van der Waals surface area contributed by atoms with Gasteiger partial charge in [-0.2, -0.15) is 0 Å². The van der Waals surface area contributed by atoms with Crippen molar-refractivity contribution in [2.75, 3.05) is 44.8 Å². The van der Waals surface area contributed by atoms with Crippen LogP contribution < -0.4 is 11.1 Å². The molecule has 0 radical (unpaired) electrons. The lowest BCUT2D eigenvalue weighted by Gasteiger charge is -2.26. The normalized spacial score (nSPS) is 14.4. The van der Waals surface area contributed by atoms with Crippen LogP contribution >= 0.6 is 0 Å². The van der Waals surface area contributed by atoms with E-state index in [-0.39, 0.29) is 18.0 Å². The first-order valence-corrected chi connectivity index (χ1v) is 11.9. The molecule has 5 rings (SSSR count). The summed E-state index contributed by atoms with van der Waals surface area (Å²) in [6, 6.07) is 7.91. The van der Waals surface area contributed by atoms with Crippen molar-refractivity contribution >= 4 is 39.5 Å². The second kappa shape index (κ2) is 10.3. The van der Waals surface area contributed by atoms with Crippen LogP contribution in [0.2, 0.25) is 0 Å². The number of aromatic nitrogens is 3. The third kappa shape index (κ3) is 4.88. The van der Waals surface area contributed by atoms with Crippen LogP contribution in [-0.2, 0) is 16.0 Å². The number of aryl methyl sites for hydroxylation is 1. The molecule has 3 heterocycles. The molecule has 0 spiro atoms. The molecule has 4 aromatic rings. The minimum Gasteiger partial charge on any atom is -0.506 e. The van der Waals surface area contributed by atoms with Crippen LogP contribution in [0.5, 0.6) is 5.75 Å². The molecular weight excluding hydrogens is 466 g/mol. The Labute approximate surface area is 206 Å². The van der Waals surface area contributed by atoms with Gasteiger partial charge in [0.25, 0.3) is 0 Å². The number of fused-ring (bicyclic) bond motifs is 2. The molecule has 0 amide bonds. The Balaban J connectivity index is 1.45. The van der Waals surface area contributed by atoms with Crippen molar-refractivity contribution < 1.29 is 23.8 Å². The van der Waals surface area contributed by atoms with E-state index in [1.54, 1.807) is 23.6 Å². The number of phenolic OH excluding ortho intramolecular Hbond substituents is 1. The summed E-state index contributed by atoms with van der Waals surface area (Å²) < 4.78 is 17.6. The predicted molar refractivity (Wildman–Crippen MR) is 133 cm³/mol. The number of rotatable bonds is 8. The van der Waals surface area contributed by atoms with Gasteiger partial charge in [-0.25, -0.2) is 19.6 Å². The Bertz CT molecular complexity index is 1460. The second-order valence-corrected chi connectivity index (χ2v) is 8.46. The number of hydrogen-bond acceptors (Lipinski definition) is 10. The van der Waals surface area contributed by atoms with Crippen molar-refractivity contribution in [2.45, 2.75) is 19.9 Å². The molecule has 1 fully saturated rings. The zero-order valence-corrected chi connectivity index (χ0v) is 19.9. The SMILES string of the molecule is CCOC(=O)c1ccc(O)c(Nc2ncnc3cc4oc(=O)n(CCCN5CCOCC5)c4cc23)c1. The van der Waals surface area contributed by atoms with Crippen molar-refractivity contribution in [3.05, 3.63) is 52.8 Å². The highest BCUT2D eigenvalue weighted by Gasteiger charge is 2.16. The number of nitrogens with zero attached hydrogens (tertiary/aromatic N) is 4.